The van der Waals surface area contributed by atoms with E-state index < -0.39 is 0 Å². The van der Waals surface area contributed by atoms with Gasteiger partial charge in [0.05, 0.1) is 19.1 Å². The van der Waals surface area contributed by atoms with Crippen molar-refractivity contribution in [3.8, 4) is 11.8 Å². The number of benzene rings is 1. The lowest BCUT2D eigenvalue weighted by molar-refractivity contribution is 0.220. The molecule has 7 heteroatoms. The van der Waals surface area contributed by atoms with E-state index in [9.17, 15) is 0 Å². The molecule has 0 radical (unpaired) electrons. The van der Waals surface area contributed by atoms with Gasteiger partial charge in [0.1, 0.15) is 11.6 Å². The Morgan fingerprint density at radius 1 is 1.22 bits per heavy atom. The third kappa shape index (κ3) is 5.69. The molecule has 0 bridgehead atoms. The van der Waals surface area contributed by atoms with Crippen LogP contribution in [0.2, 0.25) is 0 Å². The molecule has 0 unspecified atom stereocenters. The molecule has 7 nitrogen and oxygen atoms in total. The van der Waals surface area contributed by atoms with Gasteiger partial charge in [0.2, 0.25) is 5.95 Å². The molecule has 1 saturated heterocycles. The fourth-order valence-electron chi connectivity index (χ4n) is 3.31. The highest BCUT2D eigenvalue weighted by atomic mass is 16.5. The average molecular weight is 368 g/mol. The Balaban J connectivity index is 1.39. The number of rotatable bonds is 9. The van der Waals surface area contributed by atoms with Gasteiger partial charge in [0.25, 0.3) is 0 Å². The fraction of sp³-hybridized carbons (Fsp3) is 0.550. The Kier molecular flexibility index (Phi) is 7.05. The van der Waals surface area contributed by atoms with Gasteiger partial charge in [-0.3, -0.25) is 9.47 Å². The average Bonchev–Trinajstić information content (AvgIpc) is 3.03. The van der Waals surface area contributed by atoms with E-state index in [0.29, 0.717) is 18.4 Å². The Morgan fingerprint density at radius 2 is 2.07 bits per heavy atom. The minimum atomic E-state index is 0.266. The van der Waals surface area contributed by atoms with E-state index in [4.69, 9.17) is 10.00 Å². The van der Waals surface area contributed by atoms with E-state index in [1.807, 2.05) is 17.7 Å². The zero-order valence-electron chi connectivity index (χ0n) is 16.0. The van der Waals surface area contributed by atoms with Crippen LogP contribution in [0.25, 0.3) is 0 Å². The lowest BCUT2D eigenvalue weighted by Gasteiger charge is -2.26. The maximum Gasteiger partial charge on any atom is 0.224 e. The summed E-state index contributed by atoms with van der Waals surface area (Å²) >= 11 is 0. The van der Waals surface area contributed by atoms with Crippen LogP contribution in [0.4, 0.5) is 5.95 Å². The molecule has 27 heavy (non-hydrogen) atoms. The van der Waals surface area contributed by atoms with Crippen LogP contribution in [-0.4, -0.2) is 45.9 Å². The van der Waals surface area contributed by atoms with Gasteiger partial charge < -0.3 is 10.1 Å². The highest BCUT2D eigenvalue weighted by molar-refractivity contribution is 5.29. The van der Waals surface area contributed by atoms with Crippen molar-refractivity contribution in [2.45, 2.75) is 38.6 Å². The van der Waals surface area contributed by atoms with E-state index in [1.165, 1.54) is 37.9 Å². The molecule has 1 aliphatic rings. The third-order valence-electron chi connectivity index (χ3n) is 4.83. The van der Waals surface area contributed by atoms with E-state index in [2.05, 4.69) is 44.7 Å². The van der Waals surface area contributed by atoms with Crippen molar-refractivity contribution in [1.82, 2.24) is 19.7 Å². The second-order valence-corrected chi connectivity index (χ2v) is 6.95. The van der Waals surface area contributed by atoms with Gasteiger partial charge in [-0.25, -0.2) is 0 Å². The molecule has 0 aliphatic carbocycles. The predicted molar refractivity (Wildman–Crippen MR) is 104 cm³/mol. The standard InChI is InChI=1S/C20H28N6O/c1-25-19(9-10-21)23-24-20(25)22-11-6-14-27-18-8-5-7-17(15-18)16-26-12-3-2-4-13-26/h5,7-8,15H,2-4,6,9,11-14,16H2,1H3,(H,22,24). The van der Waals surface area contributed by atoms with Crippen LogP contribution in [0.1, 0.15) is 37.1 Å². The number of nitriles is 1. The summed E-state index contributed by atoms with van der Waals surface area (Å²) in [6.45, 7) is 4.80. The van der Waals surface area contributed by atoms with Gasteiger partial charge in [-0.2, -0.15) is 5.26 Å². The Labute approximate surface area is 161 Å². The summed E-state index contributed by atoms with van der Waals surface area (Å²) in [4.78, 5) is 2.52. The minimum absolute atomic E-state index is 0.266. The predicted octanol–water partition coefficient (Wildman–Crippen LogP) is 2.75. The van der Waals surface area contributed by atoms with E-state index >= 15 is 0 Å². The van der Waals surface area contributed by atoms with Crippen LogP contribution in [0, 0.1) is 11.3 Å². The number of aromatic nitrogens is 3. The molecular formula is C20H28N6O. The molecular weight excluding hydrogens is 340 g/mol. The molecule has 2 aromatic rings. The third-order valence-corrected chi connectivity index (χ3v) is 4.83. The van der Waals surface area contributed by atoms with Gasteiger partial charge in [-0.05, 0) is 50.0 Å². The monoisotopic (exact) mass is 368 g/mol. The molecule has 144 valence electrons. The van der Waals surface area contributed by atoms with Crippen LogP contribution in [-0.2, 0) is 20.0 Å². The first kappa shape index (κ1) is 19.2. The van der Waals surface area contributed by atoms with Gasteiger partial charge in [0.15, 0.2) is 0 Å². The summed E-state index contributed by atoms with van der Waals surface area (Å²) in [7, 11) is 1.86. The van der Waals surface area contributed by atoms with Crippen molar-refractivity contribution < 1.29 is 4.74 Å². The maximum absolute atomic E-state index is 8.75. The zero-order valence-corrected chi connectivity index (χ0v) is 16.0. The van der Waals surface area contributed by atoms with Crippen LogP contribution >= 0.6 is 0 Å². The lowest BCUT2D eigenvalue weighted by atomic mass is 10.1. The lowest BCUT2D eigenvalue weighted by Crippen LogP contribution is -2.29. The summed E-state index contributed by atoms with van der Waals surface area (Å²) in [6.07, 6.45) is 5.11. The number of nitrogens with zero attached hydrogens (tertiary/aromatic N) is 5. The van der Waals surface area contributed by atoms with Gasteiger partial charge >= 0.3 is 0 Å². The Bertz CT molecular complexity index is 760. The molecule has 0 spiro atoms. The maximum atomic E-state index is 8.75. The second kappa shape index (κ2) is 9.93. The summed E-state index contributed by atoms with van der Waals surface area (Å²) in [6, 6.07) is 10.5. The largest absolute Gasteiger partial charge is 0.494 e. The molecule has 0 atom stereocenters. The summed E-state index contributed by atoms with van der Waals surface area (Å²) in [5.41, 5.74) is 1.32. The van der Waals surface area contributed by atoms with Crippen LogP contribution in [0.15, 0.2) is 24.3 Å². The quantitative estimate of drug-likeness (QED) is 0.686. The molecule has 1 aromatic heterocycles. The molecule has 2 heterocycles. The number of hydrogen-bond donors (Lipinski definition) is 1. The number of likely N-dealkylation sites (tertiary alicyclic amines) is 1. The molecule has 1 aromatic carbocycles. The van der Waals surface area contributed by atoms with Crippen LogP contribution < -0.4 is 10.1 Å². The zero-order chi connectivity index (χ0) is 18.9. The van der Waals surface area contributed by atoms with Crippen molar-refractivity contribution in [3.63, 3.8) is 0 Å². The van der Waals surface area contributed by atoms with Gasteiger partial charge in [-0.15, -0.1) is 10.2 Å². The first-order valence-electron chi connectivity index (χ1n) is 9.69. The molecule has 1 N–H and O–H groups in total. The van der Waals surface area contributed by atoms with Crippen molar-refractivity contribution >= 4 is 5.95 Å². The van der Waals surface area contributed by atoms with Gasteiger partial charge in [-0.1, -0.05) is 18.6 Å². The van der Waals surface area contributed by atoms with Crippen LogP contribution in [0.3, 0.4) is 0 Å². The minimum Gasteiger partial charge on any atom is -0.494 e. The van der Waals surface area contributed by atoms with Crippen molar-refractivity contribution in [2.75, 3.05) is 31.6 Å². The summed E-state index contributed by atoms with van der Waals surface area (Å²) < 4.78 is 7.72. The fourth-order valence-corrected chi connectivity index (χ4v) is 3.31. The summed E-state index contributed by atoms with van der Waals surface area (Å²) in [5.74, 6) is 2.28. The first-order valence-corrected chi connectivity index (χ1v) is 9.69. The number of nitrogens with one attached hydrogen (secondary N) is 1. The summed E-state index contributed by atoms with van der Waals surface area (Å²) in [5, 5.41) is 20.0. The normalized spacial score (nSPS) is 14.7. The molecule has 3 rings (SSSR count). The number of anilines is 1. The SMILES string of the molecule is Cn1c(CC#N)nnc1NCCCOc1cccc(CN2CCCCC2)c1. The van der Waals surface area contributed by atoms with Crippen molar-refractivity contribution in [2.24, 2.45) is 7.05 Å². The Hall–Kier alpha value is -2.59. The topological polar surface area (TPSA) is 79.0 Å². The van der Waals surface area contributed by atoms with Gasteiger partial charge in [0, 0.05) is 20.1 Å². The molecule has 0 saturated carbocycles. The van der Waals surface area contributed by atoms with E-state index in [0.717, 1.165) is 25.3 Å². The Morgan fingerprint density at radius 3 is 2.89 bits per heavy atom. The van der Waals surface area contributed by atoms with E-state index in [-0.39, 0.29) is 6.42 Å². The highest BCUT2D eigenvalue weighted by Crippen LogP contribution is 2.17. The van der Waals surface area contributed by atoms with E-state index in [1.54, 1.807) is 0 Å². The molecule has 1 aliphatic heterocycles. The van der Waals surface area contributed by atoms with Crippen molar-refractivity contribution in [3.05, 3.63) is 35.7 Å². The molecule has 0 amide bonds. The number of piperidine rings is 1. The first-order chi connectivity index (χ1) is 13.3. The molecule has 1 fully saturated rings. The number of hydrogen-bond acceptors (Lipinski definition) is 6. The number of ether oxygens (including phenoxy) is 1. The second-order valence-electron chi connectivity index (χ2n) is 6.95. The smallest absolute Gasteiger partial charge is 0.224 e. The highest BCUT2D eigenvalue weighted by Gasteiger charge is 2.11. The van der Waals surface area contributed by atoms with Crippen molar-refractivity contribution in [1.29, 1.82) is 5.26 Å². The van der Waals surface area contributed by atoms with Crippen LogP contribution in [0.5, 0.6) is 5.75 Å².